The fraction of sp³-hybridized carbons (Fsp3) is 0.393. The van der Waals surface area contributed by atoms with Crippen molar-refractivity contribution in [2.45, 2.75) is 25.9 Å². The number of anilines is 4. The molecule has 0 spiro atoms. The van der Waals surface area contributed by atoms with Gasteiger partial charge in [-0.15, -0.1) is 0 Å². The number of piperidine rings is 1. The number of hydrogen-bond donors (Lipinski definition) is 2. The molecule has 2 aromatic carbocycles. The molecule has 3 heterocycles. The number of nitrogens with zero attached hydrogens (tertiary/aromatic N) is 4. The van der Waals surface area contributed by atoms with Gasteiger partial charge in [-0.25, -0.2) is 9.37 Å². The third kappa shape index (κ3) is 6.56. The third-order valence-corrected chi connectivity index (χ3v) is 6.85. The molecule has 2 aliphatic heterocycles. The Morgan fingerprint density at radius 3 is 2.66 bits per heavy atom. The van der Waals surface area contributed by atoms with E-state index in [1.54, 1.807) is 18.3 Å². The summed E-state index contributed by atoms with van der Waals surface area (Å²) in [7, 11) is 2.11. The zero-order valence-corrected chi connectivity index (χ0v) is 21.7. The average molecular weight is 521 g/mol. The molecule has 0 atom stereocenters. The van der Waals surface area contributed by atoms with Gasteiger partial charge in [0.2, 0.25) is 0 Å². The predicted molar refractivity (Wildman–Crippen MR) is 145 cm³/mol. The standard InChI is InChI=1S/C28H33FN6O3/c1-19-3-4-22(31-27(36)20-15-21(29)17-23(16-20)35-11-13-37-14-12-35)18-25(19)32-26-5-8-30-28(33-26)38-24-6-9-34(2)10-7-24/h3-5,8,15-18,24H,6-7,9-14H2,1-2H3,(H,31,36)(H,30,32,33). The van der Waals surface area contributed by atoms with E-state index in [1.165, 1.54) is 12.1 Å². The Labute approximate surface area is 222 Å². The van der Waals surface area contributed by atoms with Gasteiger partial charge in [0.05, 0.1) is 13.2 Å². The van der Waals surface area contributed by atoms with E-state index >= 15 is 0 Å². The summed E-state index contributed by atoms with van der Waals surface area (Å²) < 4.78 is 25.8. The highest BCUT2D eigenvalue weighted by atomic mass is 19.1. The number of rotatable bonds is 7. The predicted octanol–water partition coefficient (Wildman–Crippen LogP) is 4.23. The maximum atomic E-state index is 14.4. The van der Waals surface area contributed by atoms with Crippen molar-refractivity contribution in [1.29, 1.82) is 0 Å². The highest BCUT2D eigenvalue weighted by Gasteiger charge is 2.19. The molecule has 0 unspecified atom stereocenters. The maximum absolute atomic E-state index is 14.4. The van der Waals surface area contributed by atoms with E-state index in [9.17, 15) is 9.18 Å². The number of nitrogens with one attached hydrogen (secondary N) is 2. The van der Waals surface area contributed by atoms with Crippen molar-refractivity contribution in [3.05, 3.63) is 65.6 Å². The maximum Gasteiger partial charge on any atom is 0.318 e. The SMILES string of the molecule is Cc1ccc(NC(=O)c2cc(F)cc(N3CCOCC3)c2)cc1Nc1ccnc(OC2CCN(C)CC2)n1. The fourth-order valence-electron chi connectivity index (χ4n) is 4.60. The number of halogens is 1. The Balaban J connectivity index is 1.27. The molecule has 0 bridgehead atoms. The first kappa shape index (κ1) is 25.9. The minimum absolute atomic E-state index is 0.105. The summed E-state index contributed by atoms with van der Waals surface area (Å²) in [5, 5.41) is 6.19. The van der Waals surface area contributed by atoms with Crippen LogP contribution in [-0.2, 0) is 4.74 Å². The van der Waals surface area contributed by atoms with Crippen LogP contribution in [0.1, 0.15) is 28.8 Å². The average Bonchev–Trinajstić information content (AvgIpc) is 2.92. The molecule has 0 radical (unpaired) electrons. The molecule has 2 N–H and O–H groups in total. The molecule has 10 heteroatoms. The lowest BCUT2D eigenvalue weighted by molar-refractivity contribution is 0.102. The van der Waals surface area contributed by atoms with Crippen LogP contribution in [0.3, 0.4) is 0 Å². The van der Waals surface area contributed by atoms with E-state index in [1.807, 2.05) is 30.0 Å². The smallest absolute Gasteiger partial charge is 0.318 e. The van der Waals surface area contributed by atoms with E-state index in [2.05, 4.69) is 32.5 Å². The lowest BCUT2D eigenvalue weighted by atomic mass is 10.1. The Hall–Kier alpha value is -3.76. The number of amides is 1. The summed E-state index contributed by atoms with van der Waals surface area (Å²) in [5.41, 5.74) is 3.26. The quantitative estimate of drug-likeness (QED) is 0.478. The van der Waals surface area contributed by atoms with Crippen LogP contribution in [0, 0.1) is 12.7 Å². The number of aryl methyl sites for hydroxylation is 1. The van der Waals surface area contributed by atoms with Crippen LogP contribution in [0.25, 0.3) is 0 Å². The molecular formula is C28H33FN6O3. The summed E-state index contributed by atoms with van der Waals surface area (Å²) in [6, 6.07) is 12.1. The minimum Gasteiger partial charge on any atom is -0.460 e. The number of carbonyl (C=O) groups excluding carboxylic acids is 1. The highest BCUT2D eigenvalue weighted by Crippen LogP contribution is 2.26. The second-order valence-electron chi connectivity index (χ2n) is 9.75. The van der Waals surface area contributed by atoms with Gasteiger partial charge < -0.3 is 29.9 Å². The lowest BCUT2D eigenvalue weighted by Crippen LogP contribution is -2.36. The van der Waals surface area contributed by atoms with Gasteiger partial charge in [0.25, 0.3) is 5.91 Å². The first-order valence-corrected chi connectivity index (χ1v) is 12.9. The molecule has 200 valence electrons. The van der Waals surface area contributed by atoms with Crippen LogP contribution < -0.4 is 20.3 Å². The van der Waals surface area contributed by atoms with Crippen molar-refractivity contribution in [1.82, 2.24) is 14.9 Å². The number of hydrogen-bond acceptors (Lipinski definition) is 8. The van der Waals surface area contributed by atoms with E-state index in [-0.39, 0.29) is 17.6 Å². The Morgan fingerprint density at radius 1 is 1.08 bits per heavy atom. The molecule has 2 fully saturated rings. The van der Waals surface area contributed by atoms with E-state index in [0.717, 1.165) is 37.2 Å². The molecule has 38 heavy (non-hydrogen) atoms. The number of likely N-dealkylation sites (tertiary alicyclic amines) is 1. The number of aromatic nitrogens is 2. The van der Waals surface area contributed by atoms with Crippen LogP contribution in [0.15, 0.2) is 48.7 Å². The van der Waals surface area contributed by atoms with Crippen molar-refractivity contribution in [3.8, 4) is 6.01 Å². The van der Waals surface area contributed by atoms with Crippen LogP contribution in [-0.4, -0.2) is 73.3 Å². The number of carbonyl (C=O) groups is 1. The van der Waals surface area contributed by atoms with Gasteiger partial charge in [-0.2, -0.15) is 4.98 Å². The fourth-order valence-corrected chi connectivity index (χ4v) is 4.60. The van der Waals surface area contributed by atoms with Crippen molar-refractivity contribution in [2.24, 2.45) is 0 Å². The summed E-state index contributed by atoms with van der Waals surface area (Å²) in [6.07, 6.45) is 3.65. The minimum atomic E-state index is -0.451. The van der Waals surface area contributed by atoms with Gasteiger partial charge in [-0.05, 0) is 68.8 Å². The van der Waals surface area contributed by atoms with Crippen LogP contribution in [0.5, 0.6) is 6.01 Å². The van der Waals surface area contributed by atoms with Gasteiger partial charge in [0, 0.05) is 55.0 Å². The molecule has 0 aliphatic carbocycles. The molecule has 5 rings (SSSR count). The van der Waals surface area contributed by atoms with Crippen LogP contribution >= 0.6 is 0 Å². The van der Waals surface area contributed by atoms with Crippen molar-refractivity contribution in [2.75, 3.05) is 62.0 Å². The Morgan fingerprint density at radius 2 is 1.87 bits per heavy atom. The van der Waals surface area contributed by atoms with Gasteiger partial charge in [-0.1, -0.05) is 6.07 Å². The van der Waals surface area contributed by atoms with E-state index in [0.29, 0.717) is 49.5 Å². The normalized spacial score (nSPS) is 16.8. The largest absolute Gasteiger partial charge is 0.460 e. The first-order valence-electron chi connectivity index (χ1n) is 12.9. The Kier molecular flexibility index (Phi) is 8.00. The molecule has 9 nitrogen and oxygen atoms in total. The van der Waals surface area contributed by atoms with Crippen molar-refractivity contribution in [3.63, 3.8) is 0 Å². The molecular weight excluding hydrogens is 487 g/mol. The molecule has 2 saturated heterocycles. The third-order valence-electron chi connectivity index (χ3n) is 6.85. The van der Waals surface area contributed by atoms with Crippen LogP contribution in [0.4, 0.5) is 27.3 Å². The lowest BCUT2D eigenvalue weighted by Gasteiger charge is -2.29. The Bertz CT molecular complexity index is 1280. The summed E-state index contributed by atoms with van der Waals surface area (Å²) in [4.78, 5) is 26.1. The van der Waals surface area contributed by atoms with Gasteiger partial charge in [-0.3, -0.25) is 4.79 Å². The number of morpholine rings is 1. The summed E-state index contributed by atoms with van der Waals surface area (Å²) in [5.74, 6) is -0.244. The number of benzene rings is 2. The summed E-state index contributed by atoms with van der Waals surface area (Å²) >= 11 is 0. The second kappa shape index (κ2) is 11.7. The van der Waals surface area contributed by atoms with Gasteiger partial charge >= 0.3 is 6.01 Å². The second-order valence-corrected chi connectivity index (χ2v) is 9.75. The molecule has 2 aliphatic rings. The van der Waals surface area contributed by atoms with Crippen molar-refractivity contribution >= 4 is 28.8 Å². The van der Waals surface area contributed by atoms with Crippen molar-refractivity contribution < 1.29 is 18.7 Å². The zero-order chi connectivity index (χ0) is 26.5. The molecule has 1 aromatic heterocycles. The first-order chi connectivity index (χ1) is 18.4. The van der Waals surface area contributed by atoms with Gasteiger partial charge in [0.15, 0.2) is 0 Å². The van der Waals surface area contributed by atoms with Crippen LogP contribution in [0.2, 0.25) is 0 Å². The highest BCUT2D eigenvalue weighted by molar-refractivity contribution is 6.05. The van der Waals surface area contributed by atoms with E-state index in [4.69, 9.17) is 9.47 Å². The number of ether oxygens (including phenoxy) is 2. The topological polar surface area (TPSA) is 91.9 Å². The van der Waals surface area contributed by atoms with E-state index < -0.39 is 5.82 Å². The zero-order valence-electron chi connectivity index (χ0n) is 21.7. The molecule has 3 aromatic rings. The monoisotopic (exact) mass is 520 g/mol. The molecule has 0 saturated carbocycles. The van der Waals surface area contributed by atoms with Gasteiger partial charge in [0.1, 0.15) is 17.7 Å². The molecule has 1 amide bonds. The summed E-state index contributed by atoms with van der Waals surface area (Å²) in [6.45, 7) is 6.42.